The van der Waals surface area contributed by atoms with E-state index in [0.717, 1.165) is 12.8 Å². The van der Waals surface area contributed by atoms with E-state index in [0.29, 0.717) is 19.4 Å². The summed E-state index contributed by atoms with van der Waals surface area (Å²) in [5.74, 6) is 0.196. The molecule has 0 unspecified atom stereocenters. The average molecular weight is 412 g/mol. The van der Waals surface area contributed by atoms with E-state index in [9.17, 15) is 19.9 Å². The van der Waals surface area contributed by atoms with Gasteiger partial charge in [-0.15, -0.1) is 0 Å². The molecule has 30 heavy (non-hydrogen) atoms. The summed E-state index contributed by atoms with van der Waals surface area (Å²) in [4.78, 5) is 22.3. The molecule has 0 spiro atoms. The Bertz CT molecular complexity index is 852. The quantitative estimate of drug-likeness (QED) is 0.235. The molecule has 3 rings (SSSR count). The molecule has 2 aromatic rings. The van der Waals surface area contributed by atoms with Crippen molar-refractivity contribution in [3.63, 3.8) is 0 Å². The average Bonchev–Trinajstić information content (AvgIpc) is 2.74. The zero-order valence-electron chi connectivity index (χ0n) is 16.8. The number of benzene rings is 2. The van der Waals surface area contributed by atoms with Crippen LogP contribution in [0.15, 0.2) is 54.6 Å². The Kier molecular flexibility index (Phi) is 7.07. The molecule has 0 aliphatic heterocycles. The van der Waals surface area contributed by atoms with Gasteiger partial charge in [-0.2, -0.15) is 0 Å². The summed E-state index contributed by atoms with van der Waals surface area (Å²) >= 11 is 0. The van der Waals surface area contributed by atoms with Crippen LogP contribution in [0.5, 0.6) is 5.75 Å². The number of non-ortho nitro benzene ring substituents is 1. The minimum atomic E-state index is -0.817. The van der Waals surface area contributed by atoms with Gasteiger partial charge in [0.05, 0.1) is 4.92 Å². The summed E-state index contributed by atoms with van der Waals surface area (Å²) in [6, 6.07) is 15.4. The fraction of sp³-hybridized carbons (Fsp3) is 0.381. The molecule has 8 nitrogen and oxygen atoms in total. The molecule has 1 aliphatic carbocycles. The summed E-state index contributed by atoms with van der Waals surface area (Å²) in [6.45, 7) is 2.33. The lowest BCUT2D eigenvalue weighted by Crippen LogP contribution is -2.46. The van der Waals surface area contributed by atoms with Gasteiger partial charge in [-0.1, -0.05) is 30.3 Å². The van der Waals surface area contributed by atoms with Crippen molar-refractivity contribution in [2.45, 2.75) is 44.0 Å². The number of nitro groups is 1. The van der Waals surface area contributed by atoms with Crippen LogP contribution < -0.4 is 9.96 Å². The highest BCUT2D eigenvalue weighted by molar-refractivity contribution is 6.45. The number of rotatable bonds is 7. The van der Waals surface area contributed by atoms with Crippen LogP contribution >= 0.6 is 0 Å². The molecule has 9 heteroatoms. The van der Waals surface area contributed by atoms with E-state index >= 15 is 0 Å². The Morgan fingerprint density at radius 2 is 1.83 bits per heavy atom. The molecule has 0 amide bonds. The molecule has 0 heterocycles. The molecule has 0 saturated heterocycles. The van der Waals surface area contributed by atoms with Crippen molar-refractivity contribution in [2.75, 3.05) is 6.54 Å². The molecule has 0 bridgehead atoms. The third-order valence-corrected chi connectivity index (χ3v) is 5.52. The van der Waals surface area contributed by atoms with Gasteiger partial charge in [0.15, 0.2) is 0 Å². The predicted octanol–water partition coefficient (Wildman–Crippen LogP) is 3.69. The van der Waals surface area contributed by atoms with Crippen LogP contribution in [-0.4, -0.2) is 35.8 Å². The molecule has 2 aromatic carbocycles. The number of nitrogens with one attached hydrogen (secondary N) is 1. The van der Waals surface area contributed by atoms with Gasteiger partial charge in [0.2, 0.25) is 0 Å². The van der Waals surface area contributed by atoms with Crippen LogP contribution in [0.3, 0.4) is 0 Å². The van der Waals surface area contributed by atoms with Gasteiger partial charge in [-0.05, 0) is 56.7 Å². The van der Waals surface area contributed by atoms with Gasteiger partial charge >= 0.3 is 13.2 Å². The second-order valence-electron chi connectivity index (χ2n) is 7.62. The number of nitro benzene ring substituents is 1. The first-order valence-electron chi connectivity index (χ1n) is 9.98. The van der Waals surface area contributed by atoms with Crippen molar-refractivity contribution in [2.24, 2.45) is 0 Å². The SMILES string of the molecule is CB(O)NCC1(c2ccccc2)CCC(OC(=O)Oc2ccc([N+](=O)[O-])cc2)CC1. The summed E-state index contributed by atoms with van der Waals surface area (Å²) in [5.41, 5.74) is 0.983. The van der Waals surface area contributed by atoms with E-state index in [4.69, 9.17) is 9.47 Å². The van der Waals surface area contributed by atoms with Crippen molar-refractivity contribution in [3.8, 4) is 5.75 Å². The third-order valence-electron chi connectivity index (χ3n) is 5.52. The summed E-state index contributed by atoms with van der Waals surface area (Å²) in [7, 11) is -0.601. The molecule has 1 fully saturated rings. The van der Waals surface area contributed by atoms with E-state index in [2.05, 4.69) is 17.4 Å². The van der Waals surface area contributed by atoms with Gasteiger partial charge in [0, 0.05) is 17.5 Å². The van der Waals surface area contributed by atoms with Crippen molar-refractivity contribution < 1.29 is 24.2 Å². The lowest BCUT2D eigenvalue weighted by Gasteiger charge is -2.40. The molecular formula is C21H25BN2O6. The minimum Gasteiger partial charge on any atom is -0.437 e. The zero-order valence-corrected chi connectivity index (χ0v) is 16.8. The fourth-order valence-electron chi connectivity index (χ4n) is 3.86. The van der Waals surface area contributed by atoms with Crippen molar-refractivity contribution in [1.82, 2.24) is 5.23 Å². The summed E-state index contributed by atoms with van der Waals surface area (Å²) in [6.07, 6.45) is 1.86. The molecule has 1 aliphatic rings. The Morgan fingerprint density at radius 1 is 1.20 bits per heavy atom. The second kappa shape index (κ2) is 9.73. The number of ether oxygens (including phenoxy) is 2. The Hall–Kier alpha value is -2.91. The van der Waals surface area contributed by atoms with Gasteiger partial charge in [-0.25, -0.2) is 4.79 Å². The number of carbonyl (C=O) groups is 1. The van der Waals surface area contributed by atoms with Gasteiger partial charge in [0.25, 0.3) is 5.69 Å². The van der Waals surface area contributed by atoms with Gasteiger partial charge < -0.3 is 19.7 Å². The maximum Gasteiger partial charge on any atom is 0.514 e. The van der Waals surface area contributed by atoms with Crippen LogP contribution in [0.25, 0.3) is 0 Å². The van der Waals surface area contributed by atoms with Gasteiger partial charge in [0.1, 0.15) is 11.9 Å². The van der Waals surface area contributed by atoms with Crippen molar-refractivity contribution in [1.29, 1.82) is 0 Å². The van der Waals surface area contributed by atoms with Crippen LogP contribution in [-0.2, 0) is 10.2 Å². The lowest BCUT2D eigenvalue weighted by atomic mass is 9.67. The number of carbonyl (C=O) groups excluding carboxylic acids is 1. The van der Waals surface area contributed by atoms with Crippen molar-refractivity contribution >= 4 is 18.9 Å². The Morgan fingerprint density at radius 3 is 2.40 bits per heavy atom. The molecule has 0 aromatic heterocycles. The van der Waals surface area contributed by atoms with Crippen LogP contribution in [0.1, 0.15) is 31.2 Å². The molecule has 2 N–H and O–H groups in total. The lowest BCUT2D eigenvalue weighted by molar-refractivity contribution is -0.384. The van der Waals surface area contributed by atoms with Crippen molar-refractivity contribution in [3.05, 3.63) is 70.3 Å². The summed E-state index contributed by atoms with van der Waals surface area (Å²) in [5, 5.41) is 23.5. The van der Waals surface area contributed by atoms with E-state index in [1.54, 1.807) is 6.82 Å². The number of hydrogen-bond donors (Lipinski definition) is 2. The molecule has 0 radical (unpaired) electrons. The zero-order chi connectivity index (χ0) is 21.6. The highest BCUT2D eigenvalue weighted by atomic mass is 16.7. The maximum atomic E-state index is 12.1. The first-order valence-corrected chi connectivity index (χ1v) is 9.98. The van der Waals surface area contributed by atoms with Gasteiger partial charge in [-0.3, -0.25) is 10.1 Å². The highest BCUT2D eigenvalue weighted by Crippen LogP contribution is 2.40. The highest BCUT2D eigenvalue weighted by Gasteiger charge is 2.38. The smallest absolute Gasteiger partial charge is 0.437 e. The minimum absolute atomic E-state index is 0.0777. The van der Waals surface area contributed by atoms with Crippen LogP contribution in [0.4, 0.5) is 10.5 Å². The Labute approximate surface area is 175 Å². The van der Waals surface area contributed by atoms with E-state index in [-0.39, 0.29) is 23.0 Å². The van der Waals surface area contributed by atoms with E-state index in [1.165, 1.54) is 29.8 Å². The summed E-state index contributed by atoms with van der Waals surface area (Å²) < 4.78 is 10.6. The van der Waals surface area contributed by atoms with Crippen LogP contribution in [0.2, 0.25) is 6.82 Å². The molecule has 158 valence electrons. The van der Waals surface area contributed by atoms with E-state index in [1.807, 2.05) is 18.2 Å². The Balaban J connectivity index is 1.57. The normalized spacial score (nSPS) is 20.9. The second-order valence-corrected chi connectivity index (χ2v) is 7.62. The molecule has 0 atom stereocenters. The predicted molar refractivity (Wildman–Crippen MR) is 112 cm³/mol. The van der Waals surface area contributed by atoms with Crippen LogP contribution in [0, 0.1) is 10.1 Å². The molecular weight excluding hydrogens is 387 g/mol. The standard InChI is InChI=1S/C21H25BN2O6/c1-22(26)23-15-21(16-5-3-2-4-6-16)13-11-19(12-14-21)30-20(25)29-18-9-7-17(8-10-18)24(27)28/h2-10,19,23,26H,11-15H2,1H3. The first kappa shape index (κ1) is 21.8. The third kappa shape index (κ3) is 5.58. The number of hydrogen-bond acceptors (Lipinski definition) is 7. The maximum absolute atomic E-state index is 12.1. The topological polar surface area (TPSA) is 111 Å². The first-order chi connectivity index (χ1) is 14.4. The fourth-order valence-corrected chi connectivity index (χ4v) is 3.86. The monoisotopic (exact) mass is 412 g/mol. The number of nitrogens with zero attached hydrogens (tertiary/aromatic N) is 1. The van der Waals surface area contributed by atoms with E-state index < -0.39 is 18.1 Å². The molecule has 1 saturated carbocycles. The largest absolute Gasteiger partial charge is 0.514 e.